The van der Waals surface area contributed by atoms with Crippen LogP contribution >= 0.6 is 0 Å². The number of anilines is 1. The fourth-order valence-electron chi connectivity index (χ4n) is 7.41. The van der Waals surface area contributed by atoms with Gasteiger partial charge in [-0.15, -0.1) is 0 Å². The van der Waals surface area contributed by atoms with Crippen LogP contribution in [-0.2, 0) is 22.4 Å². The Hall–Kier alpha value is -4.34. The Morgan fingerprint density at radius 2 is 1.70 bits per heavy atom. The van der Waals surface area contributed by atoms with Crippen molar-refractivity contribution < 1.29 is 19.4 Å². The van der Waals surface area contributed by atoms with Crippen LogP contribution < -0.4 is 9.64 Å². The zero-order chi connectivity index (χ0) is 33.0. The Morgan fingerprint density at radius 3 is 2.40 bits per heavy atom. The smallest absolute Gasteiger partial charge is 0.337 e. The van der Waals surface area contributed by atoms with Crippen molar-refractivity contribution in [1.82, 2.24) is 19.9 Å². The van der Waals surface area contributed by atoms with Gasteiger partial charge in [0.1, 0.15) is 5.75 Å². The van der Waals surface area contributed by atoms with Crippen LogP contribution in [0.25, 0.3) is 27.6 Å². The zero-order valence-corrected chi connectivity index (χ0v) is 28.1. The molecule has 0 saturated carbocycles. The molecule has 1 aliphatic carbocycles. The van der Waals surface area contributed by atoms with E-state index in [1.807, 2.05) is 51.5 Å². The Morgan fingerprint density at radius 1 is 1.00 bits per heavy atom. The van der Waals surface area contributed by atoms with E-state index in [0.29, 0.717) is 13.0 Å². The molecule has 1 saturated heterocycles. The third-order valence-corrected chi connectivity index (χ3v) is 9.75. The minimum Gasteiger partial charge on any atom is -0.493 e. The topological polar surface area (TPSA) is 101 Å². The van der Waals surface area contributed by atoms with Gasteiger partial charge in [-0.1, -0.05) is 19.1 Å². The van der Waals surface area contributed by atoms with Crippen molar-refractivity contribution in [3.63, 3.8) is 0 Å². The van der Waals surface area contributed by atoms with Gasteiger partial charge in [-0.3, -0.25) is 4.98 Å². The Labute approximate surface area is 276 Å². The zero-order valence-electron chi connectivity index (χ0n) is 28.1. The van der Waals surface area contributed by atoms with Gasteiger partial charge in [0.15, 0.2) is 6.10 Å². The van der Waals surface area contributed by atoms with Crippen molar-refractivity contribution in [3.05, 3.63) is 82.3 Å². The summed E-state index contributed by atoms with van der Waals surface area (Å²) in [5, 5.41) is 11.6. The highest BCUT2D eigenvalue weighted by atomic mass is 16.5. The number of hydrogen-bond donors (Lipinski definition) is 1. The quantitative estimate of drug-likeness (QED) is 0.276. The summed E-state index contributed by atoms with van der Waals surface area (Å²) in [5.41, 5.74) is 9.28. The molecule has 0 amide bonds. The van der Waals surface area contributed by atoms with Gasteiger partial charge in [0.25, 0.3) is 0 Å². The number of likely N-dealkylation sites (N-methyl/N-ethyl adjacent to an activating group) is 1. The van der Waals surface area contributed by atoms with Gasteiger partial charge in [-0.05, 0) is 104 Å². The number of piperazine rings is 1. The molecule has 47 heavy (non-hydrogen) atoms. The number of nitrogens with zero attached hydrogens (tertiary/aromatic N) is 5. The van der Waals surface area contributed by atoms with Crippen molar-refractivity contribution in [2.45, 2.75) is 59.2 Å². The van der Waals surface area contributed by atoms with E-state index >= 15 is 0 Å². The average molecular weight is 634 g/mol. The number of benzene rings is 2. The second-order valence-corrected chi connectivity index (χ2v) is 14.1. The molecule has 4 aromatic rings. The van der Waals surface area contributed by atoms with E-state index in [9.17, 15) is 9.90 Å². The first-order chi connectivity index (χ1) is 22.5. The van der Waals surface area contributed by atoms with Gasteiger partial charge in [-0.25, -0.2) is 14.8 Å². The van der Waals surface area contributed by atoms with E-state index < -0.39 is 17.7 Å². The second kappa shape index (κ2) is 12.0. The molecule has 0 radical (unpaired) electrons. The maximum atomic E-state index is 13.0. The summed E-state index contributed by atoms with van der Waals surface area (Å²) >= 11 is 0. The van der Waals surface area contributed by atoms with Gasteiger partial charge in [0, 0.05) is 67.7 Å². The van der Waals surface area contributed by atoms with E-state index in [-0.39, 0.29) is 5.92 Å². The van der Waals surface area contributed by atoms with Crippen molar-refractivity contribution in [3.8, 4) is 16.9 Å². The lowest BCUT2D eigenvalue weighted by molar-refractivity contribution is -0.156. The number of fused-ring (bicyclic) bond motifs is 1. The van der Waals surface area contributed by atoms with E-state index in [1.54, 1.807) is 0 Å². The van der Waals surface area contributed by atoms with Crippen LogP contribution in [0, 0.1) is 12.8 Å². The molecular weight excluding hydrogens is 590 g/mol. The highest BCUT2D eigenvalue weighted by Crippen LogP contribution is 2.47. The Kier molecular flexibility index (Phi) is 8.00. The van der Waals surface area contributed by atoms with Crippen LogP contribution in [0.5, 0.6) is 5.75 Å². The fourth-order valence-corrected chi connectivity index (χ4v) is 7.41. The fraction of sp³-hybridized carbons (Fsp3) is 0.421. The van der Waals surface area contributed by atoms with Gasteiger partial charge < -0.3 is 24.4 Å². The van der Waals surface area contributed by atoms with Gasteiger partial charge in [0.2, 0.25) is 5.95 Å². The lowest BCUT2D eigenvalue weighted by Gasteiger charge is -2.36. The molecule has 2 atom stereocenters. The summed E-state index contributed by atoms with van der Waals surface area (Å²) in [6.45, 7) is 14.4. The number of carboxylic acid groups (broad SMARTS) is 1. The molecule has 244 valence electrons. The van der Waals surface area contributed by atoms with Crippen molar-refractivity contribution in [2.24, 2.45) is 5.92 Å². The van der Waals surface area contributed by atoms with Gasteiger partial charge in [0.05, 0.1) is 17.7 Å². The summed E-state index contributed by atoms with van der Waals surface area (Å²) in [6.07, 6.45) is 6.07. The normalized spacial score (nSPS) is 19.0. The third kappa shape index (κ3) is 5.76. The molecule has 2 unspecified atom stereocenters. The molecule has 3 aliphatic rings. The minimum absolute atomic E-state index is 0.104. The van der Waals surface area contributed by atoms with Crippen molar-refractivity contribution in [2.75, 3.05) is 44.7 Å². The van der Waals surface area contributed by atoms with Crippen molar-refractivity contribution >= 4 is 28.4 Å². The summed E-state index contributed by atoms with van der Waals surface area (Å²) in [5.74, 6) is 0.482. The number of hydrogen-bond acceptors (Lipinski definition) is 8. The van der Waals surface area contributed by atoms with Crippen LogP contribution in [0.3, 0.4) is 0 Å². The molecule has 0 spiro atoms. The van der Waals surface area contributed by atoms with Gasteiger partial charge in [-0.2, -0.15) is 0 Å². The molecule has 2 aromatic heterocycles. The van der Waals surface area contributed by atoms with Gasteiger partial charge >= 0.3 is 5.97 Å². The largest absolute Gasteiger partial charge is 0.493 e. The summed E-state index contributed by atoms with van der Waals surface area (Å²) in [7, 11) is 2.14. The summed E-state index contributed by atoms with van der Waals surface area (Å²) in [4.78, 5) is 32.0. The summed E-state index contributed by atoms with van der Waals surface area (Å²) < 4.78 is 12.4. The number of carbonyl (C=O) groups is 1. The Balaban J connectivity index is 1.40. The van der Waals surface area contributed by atoms with Crippen LogP contribution in [0.1, 0.15) is 55.5 Å². The van der Waals surface area contributed by atoms with Crippen LogP contribution in [-0.4, -0.2) is 82.5 Å². The maximum Gasteiger partial charge on any atom is 0.337 e. The first-order valence-corrected chi connectivity index (χ1v) is 16.6. The molecule has 9 heteroatoms. The van der Waals surface area contributed by atoms with Crippen LogP contribution in [0.15, 0.2) is 54.5 Å². The molecule has 2 aromatic carbocycles. The molecule has 4 heterocycles. The summed E-state index contributed by atoms with van der Waals surface area (Å²) in [6, 6.07) is 10.4. The van der Waals surface area contributed by atoms with E-state index in [4.69, 9.17) is 24.4 Å². The second-order valence-electron chi connectivity index (χ2n) is 14.1. The molecule has 7 rings (SSSR count). The number of rotatable bonds is 6. The lowest BCUT2D eigenvalue weighted by Crippen LogP contribution is -2.45. The predicted octanol–water partition coefficient (Wildman–Crippen LogP) is 5.95. The Bertz CT molecular complexity index is 1880. The van der Waals surface area contributed by atoms with Crippen LogP contribution in [0.2, 0.25) is 0 Å². The number of carboxylic acids is 1. The first kappa shape index (κ1) is 31.3. The predicted molar refractivity (Wildman–Crippen MR) is 184 cm³/mol. The number of pyridine rings is 1. The standard InChI is InChI=1S/C38H43N5O4/c1-22-19-29-23(2)26(25-20-40-37(41-21-25)43-16-14-42(6)15-17-43)7-8-27(29)33(31(22)35(36(44)45)47-38(3,4)5)28-9-10-30-32-24(12-18-46-30)11-13-39-34(28)32/h7-11,13,20-22,35H,12,14-19H2,1-6H3,(H,44,45). The average Bonchev–Trinajstić information content (AvgIpc) is 3.04. The molecule has 0 bridgehead atoms. The van der Waals surface area contributed by atoms with E-state index in [1.165, 1.54) is 11.1 Å². The minimum atomic E-state index is -1.12. The number of aliphatic carboxylic acids is 1. The monoisotopic (exact) mass is 633 g/mol. The van der Waals surface area contributed by atoms with Crippen molar-refractivity contribution in [1.29, 1.82) is 0 Å². The lowest BCUT2D eigenvalue weighted by atomic mass is 9.72. The first-order valence-electron chi connectivity index (χ1n) is 16.6. The number of aromatic nitrogens is 3. The van der Waals surface area contributed by atoms with Crippen LogP contribution in [0.4, 0.5) is 5.95 Å². The third-order valence-electron chi connectivity index (χ3n) is 9.75. The van der Waals surface area contributed by atoms with E-state index in [0.717, 1.165) is 94.2 Å². The highest BCUT2D eigenvalue weighted by Gasteiger charge is 2.38. The molecule has 1 N–H and O–H groups in total. The number of ether oxygens (including phenoxy) is 2. The van der Waals surface area contributed by atoms with E-state index in [2.05, 4.69) is 48.9 Å². The SMILES string of the molecule is Cc1c(-c2cnc(N3CCN(C)CC3)nc2)ccc2c1CC(C)C(C(OC(C)(C)C)C(=O)O)=C2c1ccc2c3c(ccnc13)CCO2. The highest BCUT2D eigenvalue weighted by molar-refractivity contribution is 6.03. The maximum absolute atomic E-state index is 13.0. The molecule has 2 aliphatic heterocycles. The molecule has 9 nitrogen and oxygen atoms in total. The molecule has 1 fully saturated rings. The molecular formula is C38H43N5O4.